The summed E-state index contributed by atoms with van der Waals surface area (Å²) in [6, 6.07) is 2.14. The molecule has 6 heteroatoms. The molecule has 1 saturated carbocycles. The van der Waals surface area contributed by atoms with Gasteiger partial charge < -0.3 is 10.2 Å². The number of carbonyl (C=O) groups excluding carboxylic acids is 1. The average Bonchev–Trinajstić information content (AvgIpc) is 2.91. The monoisotopic (exact) mass is 357 g/mol. The fraction of sp³-hybridized carbons (Fsp3) is 0.650. The van der Waals surface area contributed by atoms with Gasteiger partial charge in [-0.2, -0.15) is 5.10 Å². The quantitative estimate of drug-likeness (QED) is 0.894. The van der Waals surface area contributed by atoms with Crippen molar-refractivity contribution in [1.82, 2.24) is 25.0 Å². The molecule has 2 aromatic rings. The Balaban J connectivity index is 1.91. The first-order valence-corrected chi connectivity index (χ1v) is 9.71. The molecule has 1 aliphatic carbocycles. The number of amides is 1. The van der Waals surface area contributed by atoms with Crippen molar-refractivity contribution in [3.63, 3.8) is 0 Å². The summed E-state index contributed by atoms with van der Waals surface area (Å²) in [6.45, 7) is 7.70. The molecule has 2 atom stereocenters. The molecule has 6 nitrogen and oxygen atoms in total. The van der Waals surface area contributed by atoms with Crippen molar-refractivity contribution in [3.05, 3.63) is 23.0 Å². The van der Waals surface area contributed by atoms with Crippen LogP contribution in [0.5, 0.6) is 0 Å². The Morgan fingerprint density at radius 3 is 2.73 bits per heavy atom. The second-order valence-corrected chi connectivity index (χ2v) is 7.80. The lowest BCUT2D eigenvalue weighted by Crippen LogP contribution is -2.45. The summed E-state index contributed by atoms with van der Waals surface area (Å²) in [7, 11) is 4.21. The van der Waals surface area contributed by atoms with Crippen LogP contribution in [0.4, 0.5) is 0 Å². The number of aromatic nitrogens is 3. The Morgan fingerprint density at radius 2 is 2.04 bits per heavy atom. The topological polar surface area (TPSA) is 63.1 Å². The Morgan fingerprint density at radius 1 is 1.31 bits per heavy atom. The summed E-state index contributed by atoms with van der Waals surface area (Å²) in [6.07, 6.45) is 4.68. The van der Waals surface area contributed by atoms with Crippen LogP contribution < -0.4 is 5.32 Å². The predicted octanol–water partition coefficient (Wildman–Crippen LogP) is 2.92. The third kappa shape index (κ3) is 3.75. The van der Waals surface area contributed by atoms with Crippen molar-refractivity contribution in [2.45, 2.75) is 59.0 Å². The molecule has 0 saturated heterocycles. The Hall–Kier alpha value is -1.95. The fourth-order valence-corrected chi connectivity index (χ4v) is 4.21. The van der Waals surface area contributed by atoms with E-state index in [1.165, 1.54) is 19.3 Å². The summed E-state index contributed by atoms with van der Waals surface area (Å²) in [5.74, 6) is 0.524. The zero-order valence-corrected chi connectivity index (χ0v) is 16.7. The van der Waals surface area contributed by atoms with Crippen LogP contribution in [0.2, 0.25) is 0 Å². The molecule has 26 heavy (non-hydrogen) atoms. The molecular weight excluding hydrogens is 326 g/mol. The van der Waals surface area contributed by atoms with E-state index < -0.39 is 0 Å². The zero-order chi connectivity index (χ0) is 18.8. The summed E-state index contributed by atoms with van der Waals surface area (Å²) in [4.78, 5) is 20.0. The van der Waals surface area contributed by atoms with Crippen LogP contribution in [0.1, 0.15) is 54.4 Å². The number of hydrogen-bond donors (Lipinski definition) is 1. The van der Waals surface area contributed by atoms with Gasteiger partial charge in [-0.05, 0) is 59.7 Å². The summed E-state index contributed by atoms with van der Waals surface area (Å²) in [5, 5.41) is 8.78. The Kier molecular flexibility index (Phi) is 5.61. The molecule has 1 amide bonds. The molecule has 142 valence electrons. The maximum Gasteiger partial charge on any atom is 0.252 e. The maximum atomic E-state index is 13.2. The van der Waals surface area contributed by atoms with Crippen molar-refractivity contribution in [2.75, 3.05) is 20.6 Å². The van der Waals surface area contributed by atoms with Gasteiger partial charge in [0.15, 0.2) is 5.65 Å². The molecule has 0 aliphatic heterocycles. The number of nitrogens with zero attached hydrogens (tertiary/aromatic N) is 4. The van der Waals surface area contributed by atoms with E-state index >= 15 is 0 Å². The number of carbonyl (C=O) groups is 1. The Bertz CT molecular complexity index is 795. The second-order valence-electron chi connectivity index (χ2n) is 7.80. The molecule has 3 rings (SSSR count). The molecular formula is C20H31N5O. The van der Waals surface area contributed by atoms with Crippen molar-refractivity contribution in [2.24, 2.45) is 5.92 Å². The van der Waals surface area contributed by atoms with Gasteiger partial charge in [-0.15, -0.1) is 0 Å². The van der Waals surface area contributed by atoms with E-state index in [0.29, 0.717) is 11.5 Å². The molecule has 0 radical (unpaired) electrons. The van der Waals surface area contributed by atoms with E-state index in [1.54, 1.807) is 0 Å². The van der Waals surface area contributed by atoms with Crippen molar-refractivity contribution < 1.29 is 4.79 Å². The van der Waals surface area contributed by atoms with E-state index in [4.69, 9.17) is 0 Å². The van der Waals surface area contributed by atoms with Crippen LogP contribution in [0.25, 0.3) is 11.0 Å². The third-order valence-electron chi connectivity index (χ3n) is 5.37. The second kappa shape index (κ2) is 7.74. The van der Waals surface area contributed by atoms with Crippen LogP contribution in [0, 0.1) is 19.8 Å². The van der Waals surface area contributed by atoms with Crippen LogP contribution in [0.15, 0.2) is 6.07 Å². The average molecular weight is 358 g/mol. The number of hydrogen-bond acceptors (Lipinski definition) is 4. The van der Waals surface area contributed by atoms with Crippen LogP contribution in [-0.4, -0.2) is 52.3 Å². The number of nitrogens with one attached hydrogen (secondary N) is 1. The normalized spacial score (nSPS) is 20.7. The lowest BCUT2D eigenvalue weighted by molar-refractivity contribution is 0.0897. The van der Waals surface area contributed by atoms with Crippen molar-refractivity contribution in [3.8, 4) is 0 Å². The van der Waals surface area contributed by atoms with Gasteiger partial charge in [0, 0.05) is 24.8 Å². The first-order valence-electron chi connectivity index (χ1n) is 9.71. The molecule has 2 heterocycles. The predicted molar refractivity (Wildman–Crippen MR) is 104 cm³/mol. The van der Waals surface area contributed by atoms with Gasteiger partial charge in [0.25, 0.3) is 5.91 Å². The smallest absolute Gasteiger partial charge is 0.252 e. The van der Waals surface area contributed by atoms with Gasteiger partial charge in [-0.1, -0.05) is 12.8 Å². The highest BCUT2D eigenvalue weighted by Gasteiger charge is 2.28. The van der Waals surface area contributed by atoms with Crippen molar-refractivity contribution >= 4 is 16.9 Å². The highest BCUT2D eigenvalue weighted by atomic mass is 16.1. The SMILES string of the molecule is CCn1nc(C)c2c(C(=O)NC3CCCCC3CN(C)C)cc(C)nc21. The molecule has 0 aromatic carbocycles. The van der Waals surface area contributed by atoms with E-state index in [9.17, 15) is 4.79 Å². The molecule has 0 bridgehead atoms. The van der Waals surface area contributed by atoms with Gasteiger partial charge in [0.1, 0.15) is 0 Å². The molecule has 0 spiro atoms. The maximum absolute atomic E-state index is 13.2. The van der Waals surface area contributed by atoms with Crippen LogP contribution in [-0.2, 0) is 6.54 Å². The first-order chi connectivity index (χ1) is 12.4. The highest BCUT2D eigenvalue weighted by molar-refractivity contribution is 6.06. The van der Waals surface area contributed by atoms with Gasteiger partial charge in [-0.25, -0.2) is 9.67 Å². The highest BCUT2D eigenvalue weighted by Crippen LogP contribution is 2.27. The molecule has 2 aromatic heterocycles. The largest absolute Gasteiger partial charge is 0.349 e. The molecule has 1 N–H and O–H groups in total. The summed E-state index contributed by atoms with van der Waals surface area (Å²) >= 11 is 0. The lowest BCUT2D eigenvalue weighted by atomic mass is 9.84. The minimum atomic E-state index is 0.00918. The minimum Gasteiger partial charge on any atom is -0.349 e. The lowest BCUT2D eigenvalue weighted by Gasteiger charge is -2.34. The van der Waals surface area contributed by atoms with E-state index in [2.05, 4.69) is 34.4 Å². The number of fused-ring (bicyclic) bond motifs is 1. The van der Waals surface area contributed by atoms with Crippen LogP contribution >= 0.6 is 0 Å². The number of pyridine rings is 1. The fourth-order valence-electron chi connectivity index (χ4n) is 4.21. The summed E-state index contributed by atoms with van der Waals surface area (Å²) < 4.78 is 1.88. The molecule has 1 aliphatic rings. The van der Waals surface area contributed by atoms with Gasteiger partial charge in [0.2, 0.25) is 0 Å². The van der Waals surface area contributed by atoms with Gasteiger partial charge >= 0.3 is 0 Å². The van der Waals surface area contributed by atoms with Crippen LogP contribution in [0.3, 0.4) is 0 Å². The molecule has 1 fully saturated rings. The standard InChI is InChI=1S/C20H31N5O/c1-6-25-19-18(14(3)23-25)16(11-13(2)21-19)20(26)22-17-10-8-7-9-15(17)12-24(4)5/h11,15,17H,6-10,12H2,1-5H3,(H,22,26). The van der Waals surface area contributed by atoms with E-state index in [0.717, 1.165) is 41.9 Å². The zero-order valence-electron chi connectivity index (χ0n) is 16.7. The Labute approximate surface area is 156 Å². The number of rotatable bonds is 5. The minimum absolute atomic E-state index is 0.00918. The van der Waals surface area contributed by atoms with E-state index in [1.807, 2.05) is 31.5 Å². The first kappa shape index (κ1) is 18.8. The molecule has 2 unspecified atom stereocenters. The third-order valence-corrected chi connectivity index (χ3v) is 5.37. The van der Waals surface area contributed by atoms with E-state index in [-0.39, 0.29) is 11.9 Å². The van der Waals surface area contributed by atoms with Gasteiger partial charge in [-0.3, -0.25) is 4.79 Å². The van der Waals surface area contributed by atoms with Crippen molar-refractivity contribution in [1.29, 1.82) is 0 Å². The van der Waals surface area contributed by atoms with Gasteiger partial charge in [0.05, 0.1) is 16.6 Å². The number of aryl methyl sites for hydroxylation is 3. The summed E-state index contributed by atoms with van der Waals surface area (Å²) in [5.41, 5.74) is 3.24.